The zero-order valence-corrected chi connectivity index (χ0v) is 14.5. The molecule has 5 heteroatoms. The summed E-state index contributed by atoms with van der Waals surface area (Å²) < 4.78 is 4.91. The summed E-state index contributed by atoms with van der Waals surface area (Å²) in [6.45, 7) is 8.65. The highest BCUT2D eigenvalue weighted by molar-refractivity contribution is 5.79. The molecule has 0 saturated heterocycles. The first-order valence-corrected chi connectivity index (χ1v) is 8.16. The smallest absolute Gasteiger partial charge is 0.407 e. The minimum Gasteiger partial charge on any atom is -0.450 e. The summed E-state index contributed by atoms with van der Waals surface area (Å²) in [5.41, 5.74) is 2.12. The molecule has 0 bridgehead atoms. The molecule has 0 aliphatic heterocycles. The molecule has 0 fully saturated rings. The molecule has 0 spiro atoms. The van der Waals surface area contributed by atoms with Crippen molar-refractivity contribution in [1.82, 2.24) is 10.6 Å². The SMILES string of the molecule is CCOC(=O)N[C@H](CNC(=O)Cc1ccccc1C)CC(C)C. The van der Waals surface area contributed by atoms with Crippen LogP contribution in [0.3, 0.4) is 0 Å². The van der Waals surface area contributed by atoms with E-state index in [1.807, 2.05) is 31.2 Å². The van der Waals surface area contributed by atoms with Crippen molar-refractivity contribution in [3.63, 3.8) is 0 Å². The third-order valence-electron chi connectivity index (χ3n) is 3.51. The Hall–Kier alpha value is -2.04. The van der Waals surface area contributed by atoms with Gasteiger partial charge in [0, 0.05) is 12.6 Å². The van der Waals surface area contributed by atoms with Gasteiger partial charge in [-0.2, -0.15) is 0 Å². The molecule has 0 aliphatic rings. The third kappa shape index (κ3) is 7.68. The van der Waals surface area contributed by atoms with E-state index < -0.39 is 6.09 Å². The van der Waals surface area contributed by atoms with Gasteiger partial charge in [-0.25, -0.2) is 4.79 Å². The highest BCUT2D eigenvalue weighted by Gasteiger charge is 2.16. The molecule has 0 aliphatic carbocycles. The molecule has 0 radical (unpaired) electrons. The first-order valence-electron chi connectivity index (χ1n) is 8.16. The fraction of sp³-hybridized carbons (Fsp3) is 0.556. The summed E-state index contributed by atoms with van der Waals surface area (Å²) >= 11 is 0. The Morgan fingerprint density at radius 3 is 2.52 bits per heavy atom. The second-order valence-corrected chi connectivity index (χ2v) is 6.10. The van der Waals surface area contributed by atoms with Gasteiger partial charge in [0.25, 0.3) is 0 Å². The Bertz CT molecular complexity index is 515. The van der Waals surface area contributed by atoms with E-state index in [9.17, 15) is 9.59 Å². The van der Waals surface area contributed by atoms with Gasteiger partial charge in [0.05, 0.1) is 13.0 Å². The predicted octanol–water partition coefficient (Wildman–Crippen LogP) is 2.81. The van der Waals surface area contributed by atoms with Crippen LogP contribution in [-0.4, -0.2) is 31.2 Å². The predicted molar refractivity (Wildman–Crippen MR) is 91.3 cm³/mol. The maximum atomic E-state index is 12.1. The van der Waals surface area contributed by atoms with Gasteiger partial charge in [0.2, 0.25) is 5.91 Å². The van der Waals surface area contributed by atoms with Crippen molar-refractivity contribution in [1.29, 1.82) is 0 Å². The first-order chi connectivity index (χ1) is 10.9. The maximum Gasteiger partial charge on any atom is 0.407 e. The maximum absolute atomic E-state index is 12.1. The molecule has 23 heavy (non-hydrogen) atoms. The molecule has 1 rings (SSSR count). The lowest BCUT2D eigenvalue weighted by Gasteiger charge is -2.21. The summed E-state index contributed by atoms with van der Waals surface area (Å²) in [6.07, 6.45) is 0.690. The zero-order valence-electron chi connectivity index (χ0n) is 14.5. The van der Waals surface area contributed by atoms with Crippen LogP contribution in [0.15, 0.2) is 24.3 Å². The Balaban J connectivity index is 2.51. The third-order valence-corrected chi connectivity index (χ3v) is 3.51. The van der Waals surface area contributed by atoms with E-state index in [2.05, 4.69) is 24.5 Å². The van der Waals surface area contributed by atoms with Crippen LogP contribution in [-0.2, 0) is 16.0 Å². The molecule has 0 saturated carbocycles. The second-order valence-electron chi connectivity index (χ2n) is 6.10. The lowest BCUT2D eigenvalue weighted by Crippen LogP contribution is -2.45. The van der Waals surface area contributed by atoms with E-state index in [-0.39, 0.29) is 11.9 Å². The first kappa shape index (κ1) is 19.0. The number of amides is 2. The lowest BCUT2D eigenvalue weighted by atomic mass is 10.0. The van der Waals surface area contributed by atoms with E-state index in [0.717, 1.165) is 17.5 Å². The van der Waals surface area contributed by atoms with Crippen LogP contribution < -0.4 is 10.6 Å². The molecule has 1 atom stereocenters. The quantitative estimate of drug-likeness (QED) is 0.774. The van der Waals surface area contributed by atoms with Crippen LogP contribution in [0.25, 0.3) is 0 Å². The van der Waals surface area contributed by atoms with E-state index in [1.165, 1.54) is 0 Å². The topological polar surface area (TPSA) is 67.4 Å². The molecule has 128 valence electrons. The molecular weight excluding hydrogens is 292 g/mol. The largest absolute Gasteiger partial charge is 0.450 e. The standard InChI is InChI=1S/C18H28N2O3/c1-5-23-18(22)20-16(10-13(2)3)12-19-17(21)11-15-9-7-6-8-14(15)4/h6-9,13,16H,5,10-12H2,1-4H3,(H,19,21)(H,20,22)/t16-/m0/s1. The van der Waals surface area contributed by atoms with Gasteiger partial charge in [-0.3, -0.25) is 4.79 Å². The number of ether oxygens (including phenoxy) is 1. The number of carbonyl (C=O) groups is 2. The molecule has 0 heterocycles. The molecule has 1 aromatic rings. The number of aryl methyl sites for hydroxylation is 1. The van der Waals surface area contributed by atoms with Crippen LogP contribution in [0.1, 0.15) is 38.3 Å². The second kappa shape index (κ2) is 9.87. The summed E-state index contributed by atoms with van der Waals surface area (Å²) in [5, 5.41) is 5.71. The van der Waals surface area contributed by atoms with Crippen molar-refractivity contribution in [2.24, 2.45) is 5.92 Å². The van der Waals surface area contributed by atoms with E-state index >= 15 is 0 Å². The minimum atomic E-state index is -0.439. The Kier molecular flexibility index (Phi) is 8.16. The molecule has 0 unspecified atom stereocenters. The summed E-state index contributed by atoms with van der Waals surface area (Å²) in [7, 11) is 0. The average molecular weight is 320 g/mol. The van der Waals surface area contributed by atoms with Gasteiger partial charge < -0.3 is 15.4 Å². The van der Waals surface area contributed by atoms with Gasteiger partial charge in [0.1, 0.15) is 0 Å². The molecule has 2 amide bonds. The Morgan fingerprint density at radius 2 is 1.91 bits per heavy atom. The van der Waals surface area contributed by atoms with E-state index in [1.54, 1.807) is 6.92 Å². The molecular formula is C18H28N2O3. The van der Waals surface area contributed by atoms with Crippen molar-refractivity contribution in [2.75, 3.05) is 13.2 Å². The van der Waals surface area contributed by atoms with Gasteiger partial charge in [-0.1, -0.05) is 38.1 Å². The zero-order chi connectivity index (χ0) is 17.2. The number of nitrogens with one attached hydrogen (secondary N) is 2. The van der Waals surface area contributed by atoms with Gasteiger partial charge >= 0.3 is 6.09 Å². The summed E-state index contributed by atoms with van der Waals surface area (Å²) in [4.78, 5) is 23.7. The highest BCUT2D eigenvalue weighted by atomic mass is 16.5. The summed E-state index contributed by atoms with van der Waals surface area (Å²) in [6, 6.07) is 7.71. The van der Waals surface area contributed by atoms with Crippen molar-refractivity contribution in [2.45, 2.75) is 46.6 Å². The number of hydrogen-bond donors (Lipinski definition) is 2. The van der Waals surface area contributed by atoms with Crippen LogP contribution in [0.4, 0.5) is 4.79 Å². The number of carbonyl (C=O) groups excluding carboxylic acids is 2. The molecule has 2 N–H and O–H groups in total. The minimum absolute atomic E-state index is 0.0429. The number of hydrogen-bond acceptors (Lipinski definition) is 3. The number of benzene rings is 1. The van der Waals surface area contributed by atoms with E-state index in [0.29, 0.717) is 25.5 Å². The lowest BCUT2D eigenvalue weighted by molar-refractivity contribution is -0.120. The fourth-order valence-corrected chi connectivity index (χ4v) is 2.38. The van der Waals surface area contributed by atoms with Crippen molar-refractivity contribution in [3.8, 4) is 0 Å². The average Bonchev–Trinajstić information content (AvgIpc) is 2.47. The summed E-state index contributed by atoms with van der Waals surface area (Å²) in [5.74, 6) is 0.369. The van der Waals surface area contributed by atoms with Crippen molar-refractivity contribution >= 4 is 12.0 Å². The normalized spacial score (nSPS) is 11.9. The number of alkyl carbamates (subject to hydrolysis) is 1. The number of rotatable bonds is 8. The van der Waals surface area contributed by atoms with Crippen LogP contribution >= 0.6 is 0 Å². The van der Waals surface area contributed by atoms with Crippen molar-refractivity contribution in [3.05, 3.63) is 35.4 Å². The van der Waals surface area contributed by atoms with E-state index in [4.69, 9.17) is 4.74 Å². The monoisotopic (exact) mass is 320 g/mol. The highest BCUT2D eigenvalue weighted by Crippen LogP contribution is 2.08. The van der Waals surface area contributed by atoms with Gasteiger partial charge in [-0.15, -0.1) is 0 Å². The van der Waals surface area contributed by atoms with Crippen LogP contribution in [0.5, 0.6) is 0 Å². The molecule has 1 aromatic carbocycles. The molecule has 0 aromatic heterocycles. The van der Waals surface area contributed by atoms with Crippen molar-refractivity contribution < 1.29 is 14.3 Å². The fourth-order valence-electron chi connectivity index (χ4n) is 2.38. The van der Waals surface area contributed by atoms with Gasteiger partial charge in [-0.05, 0) is 37.3 Å². The van der Waals surface area contributed by atoms with Crippen LogP contribution in [0, 0.1) is 12.8 Å². The van der Waals surface area contributed by atoms with Crippen LogP contribution in [0.2, 0.25) is 0 Å². The Morgan fingerprint density at radius 1 is 1.22 bits per heavy atom. The van der Waals surface area contributed by atoms with Gasteiger partial charge in [0.15, 0.2) is 0 Å². The Labute approximate surface area is 138 Å². The molecule has 5 nitrogen and oxygen atoms in total.